The molecule has 0 aliphatic heterocycles. The van der Waals surface area contributed by atoms with Gasteiger partial charge in [-0.2, -0.15) is 0 Å². The lowest BCUT2D eigenvalue weighted by Crippen LogP contribution is -2.07. The molecule has 0 saturated heterocycles. The van der Waals surface area contributed by atoms with Crippen LogP contribution in [0.2, 0.25) is 10.0 Å². The molecule has 0 fully saturated rings. The number of anilines is 2. The minimum atomic E-state index is -1.04. The highest BCUT2D eigenvalue weighted by molar-refractivity contribution is 6.39. The molecule has 3 rings (SSSR count). The first-order valence-electron chi connectivity index (χ1n) is 6.26. The Labute approximate surface area is 138 Å². The predicted octanol–water partition coefficient (Wildman–Crippen LogP) is 4.21. The average molecular weight is 357 g/mol. The molecule has 3 aromatic rings. The van der Waals surface area contributed by atoms with Crippen molar-refractivity contribution in [3.05, 3.63) is 56.2 Å². The average Bonchev–Trinajstić information content (AvgIpc) is 2.49. The smallest absolute Gasteiger partial charge is 0.195 e. The van der Waals surface area contributed by atoms with Crippen LogP contribution in [-0.4, -0.2) is 0 Å². The van der Waals surface area contributed by atoms with Crippen LogP contribution in [0.5, 0.6) is 0 Å². The molecular weight excluding hydrogens is 349 g/mol. The number of nitrogens with two attached hydrogens (primary N) is 2. The van der Waals surface area contributed by atoms with Crippen LogP contribution in [0.3, 0.4) is 0 Å². The first-order valence-corrected chi connectivity index (χ1v) is 7.01. The Morgan fingerprint density at radius 2 is 1.52 bits per heavy atom. The Bertz CT molecular complexity index is 996. The maximum absolute atomic E-state index is 13.9. The third kappa shape index (κ3) is 2.50. The lowest BCUT2D eigenvalue weighted by atomic mass is 10.1. The van der Waals surface area contributed by atoms with Crippen LogP contribution in [0.1, 0.15) is 0 Å². The zero-order valence-electron chi connectivity index (χ0n) is 11.3. The predicted molar refractivity (Wildman–Crippen MR) is 86.7 cm³/mol. The van der Waals surface area contributed by atoms with Crippen molar-refractivity contribution < 1.29 is 13.2 Å². The first kappa shape index (κ1) is 15.6. The van der Waals surface area contributed by atoms with Crippen LogP contribution in [0.15, 0.2) is 33.5 Å². The molecule has 0 amide bonds. The fourth-order valence-corrected chi connectivity index (χ4v) is 2.65. The van der Waals surface area contributed by atoms with E-state index in [4.69, 9.17) is 39.1 Å². The summed E-state index contributed by atoms with van der Waals surface area (Å²) >= 11 is 11.9. The molecule has 23 heavy (non-hydrogen) atoms. The summed E-state index contributed by atoms with van der Waals surface area (Å²) in [5.41, 5.74) is 9.98. The van der Waals surface area contributed by atoms with Gasteiger partial charge in [-0.05, 0) is 12.1 Å². The summed E-state index contributed by atoms with van der Waals surface area (Å²) in [5.74, 6) is -2.08. The summed E-state index contributed by atoms with van der Waals surface area (Å²) in [5, 5.41) is -0.0671. The Morgan fingerprint density at radius 3 is 2.13 bits per heavy atom. The molecule has 118 valence electrons. The number of nitrogen functional groups attached to an aromatic ring is 2. The van der Waals surface area contributed by atoms with E-state index in [1.165, 1.54) is 12.1 Å². The van der Waals surface area contributed by atoms with Crippen molar-refractivity contribution in [2.75, 3.05) is 11.5 Å². The number of halogens is 4. The third-order valence-corrected chi connectivity index (χ3v) is 3.93. The lowest BCUT2D eigenvalue weighted by molar-refractivity contribution is 0.546. The lowest BCUT2D eigenvalue weighted by Gasteiger charge is -2.08. The van der Waals surface area contributed by atoms with Crippen LogP contribution in [0.25, 0.3) is 22.3 Å². The van der Waals surface area contributed by atoms with E-state index in [-0.39, 0.29) is 26.9 Å². The van der Waals surface area contributed by atoms with E-state index in [9.17, 15) is 13.6 Å². The SMILES string of the molecule is Nc1c(Cl)cc(-c2cc(=O)c3c(N)c(F)cc(F)c3o2)cc1Cl. The van der Waals surface area contributed by atoms with Crippen molar-refractivity contribution in [1.29, 1.82) is 0 Å². The number of hydrogen-bond acceptors (Lipinski definition) is 4. The monoisotopic (exact) mass is 356 g/mol. The fourth-order valence-electron chi connectivity index (χ4n) is 2.16. The minimum Gasteiger partial charge on any atom is -0.453 e. The topological polar surface area (TPSA) is 82.2 Å². The molecule has 1 heterocycles. The Morgan fingerprint density at radius 1 is 0.913 bits per heavy atom. The number of rotatable bonds is 1. The van der Waals surface area contributed by atoms with Gasteiger partial charge in [0.1, 0.15) is 11.6 Å². The van der Waals surface area contributed by atoms with Crippen molar-refractivity contribution in [3.63, 3.8) is 0 Å². The summed E-state index contributed by atoms with van der Waals surface area (Å²) < 4.78 is 32.8. The van der Waals surface area contributed by atoms with Gasteiger partial charge in [0.25, 0.3) is 0 Å². The van der Waals surface area contributed by atoms with Crippen molar-refractivity contribution >= 4 is 45.5 Å². The third-order valence-electron chi connectivity index (χ3n) is 3.31. The molecule has 0 spiro atoms. The van der Waals surface area contributed by atoms with E-state index in [1.54, 1.807) is 0 Å². The number of hydrogen-bond donors (Lipinski definition) is 2. The van der Waals surface area contributed by atoms with Crippen LogP contribution in [-0.2, 0) is 0 Å². The maximum Gasteiger partial charge on any atom is 0.195 e. The second-order valence-corrected chi connectivity index (χ2v) is 5.60. The van der Waals surface area contributed by atoms with Crippen LogP contribution in [0.4, 0.5) is 20.2 Å². The van der Waals surface area contributed by atoms with E-state index < -0.39 is 28.3 Å². The van der Waals surface area contributed by atoms with Gasteiger partial charge in [-0.15, -0.1) is 0 Å². The van der Waals surface area contributed by atoms with Crippen molar-refractivity contribution in [1.82, 2.24) is 0 Å². The molecule has 8 heteroatoms. The highest BCUT2D eigenvalue weighted by Gasteiger charge is 2.18. The molecule has 2 aromatic carbocycles. The second kappa shape index (κ2) is 5.40. The number of benzene rings is 2. The molecule has 0 radical (unpaired) electrons. The molecule has 0 aliphatic carbocycles. The largest absolute Gasteiger partial charge is 0.453 e. The van der Waals surface area contributed by atoms with Crippen molar-refractivity contribution in [2.45, 2.75) is 0 Å². The number of fused-ring (bicyclic) bond motifs is 1. The fraction of sp³-hybridized carbons (Fsp3) is 0. The summed E-state index contributed by atoms with van der Waals surface area (Å²) in [6, 6.07) is 4.43. The summed E-state index contributed by atoms with van der Waals surface area (Å²) in [7, 11) is 0. The van der Waals surface area contributed by atoms with Gasteiger partial charge in [-0.1, -0.05) is 23.2 Å². The highest BCUT2D eigenvalue weighted by atomic mass is 35.5. The Kier molecular flexibility index (Phi) is 3.66. The zero-order valence-corrected chi connectivity index (χ0v) is 12.8. The second-order valence-electron chi connectivity index (χ2n) is 4.79. The molecule has 4 nitrogen and oxygen atoms in total. The van der Waals surface area contributed by atoms with Crippen molar-refractivity contribution in [3.8, 4) is 11.3 Å². The van der Waals surface area contributed by atoms with E-state index in [2.05, 4.69) is 0 Å². The summed E-state index contributed by atoms with van der Waals surface area (Å²) in [6.07, 6.45) is 0. The molecule has 0 atom stereocenters. The normalized spacial score (nSPS) is 11.1. The van der Waals surface area contributed by atoms with E-state index >= 15 is 0 Å². The summed E-state index contributed by atoms with van der Waals surface area (Å²) in [6.45, 7) is 0. The Hall–Kier alpha value is -2.31. The van der Waals surface area contributed by atoms with E-state index in [0.717, 1.165) is 6.07 Å². The van der Waals surface area contributed by atoms with Gasteiger partial charge in [0, 0.05) is 17.7 Å². The molecular formula is C15H8Cl2F2N2O2. The van der Waals surface area contributed by atoms with Crippen LogP contribution < -0.4 is 16.9 Å². The minimum absolute atomic E-state index is 0.00351. The Balaban J connectivity index is 2.36. The quantitative estimate of drug-likeness (QED) is 0.639. The van der Waals surface area contributed by atoms with Gasteiger partial charge in [0.05, 0.1) is 26.8 Å². The molecule has 1 aromatic heterocycles. The molecule has 0 bridgehead atoms. The standard InChI is InChI=1S/C15H8Cl2F2N2O2/c16-6-1-5(2-7(17)13(6)20)11-4-10(22)12-14(21)8(18)3-9(19)15(12)23-11/h1-4H,20-21H2. The van der Waals surface area contributed by atoms with Gasteiger partial charge < -0.3 is 15.9 Å². The van der Waals surface area contributed by atoms with Crippen molar-refractivity contribution in [2.24, 2.45) is 0 Å². The summed E-state index contributed by atoms with van der Waals surface area (Å²) in [4.78, 5) is 12.2. The molecule has 0 aliphatic rings. The van der Waals surface area contributed by atoms with E-state index in [1.807, 2.05) is 0 Å². The van der Waals surface area contributed by atoms with Gasteiger partial charge in [-0.3, -0.25) is 4.79 Å². The van der Waals surface area contributed by atoms with Gasteiger partial charge in [0.2, 0.25) is 0 Å². The zero-order chi connectivity index (χ0) is 16.9. The van der Waals surface area contributed by atoms with Crippen LogP contribution in [0, 0.1) is 11.6 Å². The van der Waals surface area contributed by atoms with Gasteiger partial charge >= 0.3 is 0 Å². The van der Waals surface area contributed by atoms with Gasteiger partial charge in [-0.25, -0.2) is 8.78 Å². The van der Waals surface area contributed by atoms with Gasteiger partial charge in [0.15, 0.2) is 16.8 Å². The van der Waals surface area contributed by atoms with E-state index in [0.29, 0.717) is 11.6 Å². The molecule has 0 unspecified atom stereocenters. The highest BCUT2D eigenvalue weighted by Crippen LogP contribution is 2.35. The molecule has 0 saturated carbocycles. The first-order chi connectivity index (χ1) is 10.8. The van der Waals surface area contributed by atoms with Crippen LogP contribution >= 0.6 is 23.2 Å². The molecule has 4 N–H and O–H groups in total. The maximum atomic E-state index is 13.9.